The van der Waals surface area contributed by atoms with Gasteiger partial charge in [0.25, 0.3) is 0 Å². The smallest absolute Gasteiger partial charge is 0.352 e. The minimum atomic E-state index is -1.03. The summed E-state index contributed by atoms with van der Waals surface area (Å²) in [5.41, 5.74) is 0.509. The van der Waals surface area contributed by atoms with Crippen LogP contribution >= 0.6 is 0 Å². The van der Waals surface area contributed by atoms with Gasteiger partial charge in [0.2, 0.25) is 6.10 Å². The maximum atomic E-state index is 11.8. The van der Waals surface area contributed by atoms with Crippen LogP contribution in [0.3, 0.4) is 0 Å². The number of hydrogen-bond donors (Lipinski definition) is 0. The summed E-state index contributed by atoms with van der Waals surface area (Å²) in [6.07, 6.45) is 3.74. The molecule has 1 rings (SSSR count). The fourth-order valence-electron chi connectivity index (χ4n) is 1.34. The molecule has 0 bridgehead atoms. The highest BCUT2D eigenvalue weighted by atomic mass is 16.6. The van der Waals surface area contributed by atoms with Crippen LogP contribution in [0.4, 0.5) is 0 Å². The molecule has 5 nitrogen and oxygen atoms in total. The fraction of sp³-hybridized carbons (Fsp3) is 0.462. The molecular formula is C13H17NO4. The molecule has 0 spiro atoms. The molecule has 18 heavy (non-hydrogen) atoms. The van der Waals surface area contributed by atoms with Crippen molar-refractivity contribution in [2.24, 2.45) is 0 Å². The Hall–Kier alpha value is -1.91. The van der Waals surface area contributed by atoms with Gasteiger partial charge in [0.1, 0.15) is 0 Å². The molecule has 1 atom stereocenters. The monoisotopic (exact) mass is 251 g/mol. The highest BCUT2D eigenvalue weighted by Gasteiger charge is 2.25. The van der Waals surface area contributed by atoms with Gasteiger partial charge < -0.3 is 9.47 Å². The summed E-state index contributed by atoms with van der Waals surface area (Å²) in [6.45, 7) is 3.58. The second kappa shape index (κ2) is 7.42. The van der Waals surface area contributed by atoms with E-state index >= 15 is 0 Å². The topological polar surface area (TPSA) is 65.5 Å². The molecular weight excluding hydrogens is 234 g/mol. The highest BCUT2D eigenvalue weighted by Crippen LogP contribution is 2.18. The van der Waals surface area contributed by atoms with E-state index in [4.69, 9.17) is 9.47 Å². The molecule has 0 aliphatic carbocycles. The van der Waals surface area contributed by atoms with E-state index in [1.165, 1.54) is 13.1 Å². The Labute approximate surface area is 106 Å². The Balaban J connectivity index is 2.72. The van der Waals surface area contributed by atoms with Crippen LogP contribution in [0, 0.1) is 0 Å². The summed E-state index contributed by atoms with van der Waals surface area (Å²) in [6, 6.07) is 3.34. The van der Waals surface area contributed by atoms with E-state index in [0.717, 1.165) is 12.8 Å². The lowest BCUT2D eigenvalue weighted by Gasteiger charge is -2.15. The molecule has 0 amide bonds. The van der Waals surface area contributed by atoms with Crippen LogP contribution in [-0.4, -0.2) is 23.5 Å². The van der Waals surface area contributed by atoms with Gasteiger partial charge in [-0.2, -0.15) is 0 Å². The van der Waals surface area contributed by atoms with Crippen molar-refractivity contribution in [3.05, 3.63) is 30.1 Å². The van der Waals surface area contributed by atoms with Gasteiger partial charge in [-0.3, -0.25) is 9.78 Å². The normalized spacial score (nSPS) is 11.7. The average molecular weight is 251 g/mol. The number of hydrogen-bond acceptors (Lipinski definition) is 5. The third kappa shape index (κ3) is 4.53. The summed E-state index contributed by atoms with van der Waals surface area (Å²) < 4.78 is 10.0. The third-order valence-corrected chi connectivity index (χ3v) is 2.23. The largest absolute Gasteiger partial charge is 0.463 e. The summed E-state index contributed by atoms with van der Waals surface area (Å²) in [7, 11) is 0. The maximum Gasteiger partial charge on any atom is 0.352 e. The Bertz CT molecular complexity index is 391. The summed E-state index contributed by atoms with van der Waals surface area (Å²) in [5, 5.41) is 0. The Kier molecular flexibility index (Phi) is 5.84. The molecule has 0 saturated heterocycles. The lowest BCUT2D eigenvalue weighted by Crippen LogP contribution is -2.21. The second-order valence-corrected chi connectivity index (χ2v) is 3.80. The summed E-state index contributed by atoms with van der Waals surface area (Å²) in [4.78, 5) is 26.7. The average Bonchev–Trinajstić information content (AvgIpc) is 2.37. The van der Waals surface area contributed by atoms with Gasteiger partial charge in [-0.25, -0.2) is 4.79 Å². The van der Waals surface area contributed by atoms with E-state index < -0.39 is 18.0 Å². The quantitative estimate of drug-likeness (QED) is 0.571. The zero-order valence-corrected chi connectivity index (χ0v) is 10.6. The molecule has 0 fully saturated rings. The van der Waals surface area contributed by atoms with E-state index in [1.54, 1.807) is 18.3 Å². The molecule has 5 heteroatoms. The van der Waals surface area contributed by atoms with Gasteiger partial charge in [-0.1, -0.05) is 19.4 Å². The minimum absolute atomic E-state index is 0.327. The third-order valence-electron chi connectivity index (χ3n) is 2.23. The predicted molar refractivity (Wildman–Crippen MR) is 64.6 cm³/mol. The number of carbonyl (C=O) groups excluding carboxylic acids is 2. The summed E-state index contributed by atoms with van der Waals surface area (Å²) >= 11 is 0. The lowest BCUT2D eigenvalue weighted by molar-refractivity contribution is -0.167. The van der Waals surface area contributed by atoms with Crippen molar-refractivity contribution < 1.29 is 19.1 Å². The first-order valence-electron chi connectivity index (χ1n) is 5.89. The lowest BCUT2D eigenvalue weighted by atomic mass is 10.1. The van der Waals surface area contributed by atoms with Crippen LogP contribution < -0.4 is 0 Å². The Morgan fingerprint density at radius 1 is 1.44 bits per heavy atom. The van der Waals surface area contributed by atoms with E-state index in [1.807, 2.05) is 6.92 Å². The summed E-state index contributed by atoms with van der Waals surface area (Å²) in [5.74, 6) is -1.09. The van der Waals surface area contributed by atoms with Crippen LogP contribution in [0.2, 0.25) is 0 Å². The van der Waals surface area contributed by atoms with Gasteiger partial charge in [0.15, 0.2) is 0 Å². The van der Waals surface area contributed by atoms with Gasteiger partial charge in [0, 0.05) is 24.9 Å². The van der Waals surface area contributed by atoms with Gasteiger partial charge in [-0.15, -0.1) is 0 Å². The standard InChI is InChI=1S/C13H17NO4/c1-3-4-8-17-13(16)12(18-10(2)15)11-6-5-7-14-9-11/h5-7,9,12H,3-4,8H2,1-2H3/t12-/m1/s1. The molecule has 0 aliphatic rings. The van der Waals surface area contributed by atoms with Crippen molar-refractivity contribution in [2.75, 3.05) is 6.61 Å². The maximum absolute atomic E-state index is 11.8. The van der Waals surface area contributed by atoms with Crippen LogP contribution in [0.5, 0.6) is 0 Å². The SMILES string of the molecule is CCCCOC(=O)[C@H](OC(C)=O)c1cccnc1. The first-order valence-corrected chi connectivity index (χ1v) is 5.89. The van der Waals surface area contributed by atoms with Gasteiger partial charge in [0.05, 0.1) is 6.61 Å². The molecule has 1 aromatic heterocycles. The molecule has 0 N–H and O–H groups in total. The van der Waals surface area contributed by atoms with Crippen LogP contribution in [0.25, 0.3) is 0 Å². The van der Waals surface area contributed by atoms with Crippen molar-refractivity contribution in [2.45, 2.75) is 32.8 Å². The van der Waals surface area contributed by atoms with Crippen molar-refractivity contribution >= 4 is 11.9 Å². The number of ether oxygens (including phenoxy) is 2. The number of esters is 2. The molecule has 0 saturated carbocycles. The number of carbonyl (C=O) groups is 2. The molecule has 0 aromatic carbocycles. The minimum Gasteiger partial charge on any atom is -0.463 e. The highest BCUT2D eigenvalue weighted by molar-refractivity contribution is 5.79. The van der Waals surface area contributed by atoms with Gasteiger partial charge in [-0.05, 0) is 12.5 Å². The first kappa shape index (κ1) is 14.2. The molecule has 0 aliphatic heterocycles. The number of pyridine rings is 1. The van der Waals surface area contributed by atoms with Crippen molar-refractivity contribution in [1.29, 1.82) is 0 Å². The van der Waals surface area contributed by atoms with Crippen LogP contribution in [-0.2, 0) is 19.1 Å². The van der Waals surface area contributed by atoms with Crippen LogP contribution in [0.1, 0.15) is 38.4 Å². The van der Waals surface area contributed by atoms with E-state index in [9.17, 15) is 9.59 Å². The van der Waals surface area contributed by atoms with Gasteiger partial charge >= 0.3 is 11.9 Å². The Morgan fingerprint density at radius 3 is 2.78 bits per heavy atom. The zero-order chi connectivity index (χ0) is 13.4. The molecule has 0 radical (unpaired) electrons. The number of nitrogens with zero attached hydrogens (tertiary/aromatic N) is 1. The van der Waals surface area contributed by atoms with Crippen LogP contribution in [0.15, 0.2) is 24.5 Å². The Morgan fingerprint density at radius 2 is 2.22 bits per heavy atom. The van der Waals surface area contributed by atoms with E-state index in [0.29, 0.717) is 12.2 Å². The zero-order valence-electron chi connectivity index (χ0n) is 10.6. The second-order valence-electron chi connectivity index (χ2n) is 3.80. The van der Waals surface area contributed by atoms with Crippen molar-refractivity contribution in [3.8, 4) is 0 Å². The van der Waals surface area contributed by atoms with E-state index in [-0.39, 0.29) is 0 Å². The van der Waals surface area contributed by atoms with Crippen molar-refractivity contribution in [1.82, 2.24) is 4.98 Å². The predicted octanol–water partition coefficient (Wildman–Crippen LogP) is 2.03. The van der Waals surface area contributed by atoms with Crippen molar-refractivity contribution in [3.63, 3.8) is 0 Å². The first-order chi connectivity index (χ1) is 8.65. The molecule has 98 valence electrons. The molecule has 0 unspecified atom stereocenters. The molecule has 1 heterocycles. The number of unbranched alkanes of at least 4 members (excludes halogenated alkanes) is 1. The number of rotatable bonds is 6. The fourth-order valence-corrected chi connectivity index (χ4v) is 1.34. The molecule has 1 aromatic rings. The van der Waals surface area contributed by atoms with E-state index in [2.05, 4.69) is 4.98 Å². The number of aromatic nitrogens is 1.